The molecule has 4 nitrogen and oxygen atoms in total. The van der Waals surface area contributed by atoms with Gasteiger partial charge in [0.15, 0.2) is 0 Å². The number of nitrogens with one attached hydrogen (secondary N) is 1. The maximum Gasteiger partial charge on any atom is 0.272 e. The van der Waals surface area contributed by atoms with Gasteiger partial charge in [0, 0.05) is 31.7 Å². The normalized spacial score (nSPS) is 15.6. The lowest BCUT2D eigenvalue weighted by Crippen LogP contribution is -2.54. The van der Waals surface area contributed by atoms with Crippen LogP contribution in [0.1, 0.15) is 10.4 Å². The second-order valence-corrected chi connectivity index (χ2v) is 4.94. The summed E-state index contributed by atoms with van der Waals surface area (Å²) in [5.41, 5.74) is 1.58. The zero-order chi connectivity index (χ0) is 14.5. The van der Waals surface area contributed by atoms with Crippen molar-refractivity contribution in [3.8, 4) is 0 Å². The minimum Gasteiger partial charge on any atom is -0.314 e. The molecular weight excluding hydrogens is 262 g/mol. The summed E-state index contributed by atoms with van der Waals surface area (Å²) in [6.07, 6.45) is 0. The van der Waals surface area contributed by atoms with Crippen molar-refractivity contribution in [1.29, 1.82) is 0 Å². The number of amides is 1. The molecule has 1 heterocycles. The molecule has 4 heteroatoms. The Labute approximate surface area is 125 Å². The summed E-state index contributed by atoms with van der Waals surface area (Å²) in [6, 6.07) is 19.9. The van der Waals surface area contributed by atoms with Crippen LogP contribution in [0.3, 0.4) is 0 Å². The Hall–Kier alpha value is -2.17. The fraction of sp³-hybridized carbons (Fsp3) is 0.235. The molecule has 0 aromatic heterocycles. The zero-order valence-electron chi connectivity index (χ0n) is 11.8. The Bertz CT molecular complexity index is 579. The molecule has 1 radical (unpaired) electrons. The van der Waals surface area contributed by atoms with Crippen molar-refractivity contribution in [3.05, 3.63) is 66.2 Å². The number of benzene rings is 2. The quantitative estimate of drug-likeness (QED) is 0.933. The number of carbonyl (C=O) groups is 1. The molecule has 1 N–H and O–H groups in total. The van der Waals surface area contributed by atoms with Crippen LogP contribution in [0.15, 0.2) is 54.6 Å². The van der Waals surface area contributed by atoms with Crippen molar-refractivity contribution in [2.75, 3.05) is 31.2 Å². The van der Waals surface area contributed by atoms with E-state index in [0.717, 1.165) is 31.9 Å². The minimum absolute atomic E-state index is 0.00269. The molecule has 0 atom stereocenters. The van der Waals surface area contributed by atoms with Gasteiger partial charge >= 0.3 is 0 Å². The Kier molecular flexibility index (Phi) is 4.28. The lowest BCUT2D eigenvalue weighted by Gasteiger charge is -2.37. The highest BCUT2D eigenvalue weighted by Gasteiger charge is 2.25. The van der Waals surface area contributed by atoms with Gasteiger partial charge in [-0.05, 0) is 30.3 Å². The second kappa shape index (κ2) is 6.52. The van der Waals surface area contributed by atoms with Crippen molar-refractivity contribution in [2.45, 2.75) is 0 Å². The van der Waals surface area contributed by atoms with E-state index < -0.39 is 0 Å². The van der Waals surface area contributed by atoms with Gasteiger partial charge in [-0.3, -0.25) is 4.79 Å². The highest BCUT2D eigenvalue weighted by Crippen LogP contribution is 2.19. The highest BCUT2D eigenvalue weighted by atomic mass is 16.2. The SMILES string of the molecule is O=C(c1cc[c]cc1)N(c1ccccc1)N1CCNCC1. The van der Waals surface area contributed by atoms with Crippen molar-refractivity contribution in [2.24, 2.45) is 0 Å². The van der Waals surface area contributed by atoms with Crippen LogP contribution in [0.2, 0.25) is 0 Å². The summed E-state index contributed by atoms with van der Waals surface area (Å²) >= 11 is 0. The molecule has 2 aromatic rings. The maximum absolute atomic E-state index is 12.9. The fourth-order valence-corrected chi connectivity index (χ4v) is 2.48. The maximum atomic E-state index is 12.9. The van der Waals surface area contributed by atoms with Gasteiger partial charge in [0.25, 0.3) is 5.91 Å². The molecule has 1 aliphatic rings. The standard InChI is InChI=1S/C17H18N3O/c21-17(15-7-3-1-4-8-15)20(16-9-5-2-6-10-16)19-13-11-18-12-14-19/h2-10,18H,11-14H2. The molecule has 0 unspecified atom stereocenters. The predicted octanol–water partition coefficient (Wildman–Crippen LogP) is 1.95. The topological polar surface area (TPSA) is 35.6 Å². The van der Waals surface area contributed by atoms with Crippen molar-refractivity contribution < 1.29 is 4.79 Å². The van der Waals surface area contributed by atoms with E-state index in [1.54, 1.807) is 29.3 Å². The summed E-state index contributed by atoms with van der Waals surface area (Å²) < 4.78 is 0. The van der Waals surface area contributed by atoms with Crippen molar-refractivity contribution in [1.82, 2.24) is 10.3 Å². The number of rotatable bonds is 3. The largest absolute Gasteiger partial charge is 0.314 e. The molecule has 0 saturated carbocycles. The first-order valence-electron chi connectivity index (χ1n) is 7.17. The van der Waals surface area contributed by atoms with Crippen LogP contribution in [0, 0.1) is 6.07 Å². The number of hydrogen-bond donors (Lipinski definition) is 1. The number of anilines is 1. The van der Waals surface area contributed by atoms with E-state index in [1.165, 1.54) is 0 Å². The molecule has 21 heavy (non-hydrogen) atoms. The summed E-state index contributed by atoms with van der Waals surface area (Å²) in [5, 5.41) is 7.21. The van der Waals surface area contributed by atoms with E-state index in [4.69, 9.17) is 0 Å². The van der Waals surface area contributed by atoms with E-state index in [0.29, 0.717) is 5.56 Å². The van der Waals surface area contributed by atoms with Crippen LogP contribution < -0.4 is 10.3 Å². The van der Waals surface area contributed by atoms with Gasteiger partial charge in [-0.2, -0.15) is 0 Å². The van der Waals surface area contributed by atoms with Crippen LogP contribution in [0.5, 0.6) is 0 Å². The first-order valence-corrected chi connectivity index (χ1v) is 7.17. The average molecular weight is 280 g/mol. The van der Waals surface area contributed by atoms with Gasteiger partial charge in [0.05, 0.1) is 5.69 Å². The van der Waals surface area contributed by atoms with Crippen LogP contribution in [-0.2, 0) is 0 Å². The molecule has 0 aliphatic carbocycles. The third-order valence-corrected chi connectivity index (χ3v) is 3.53. The molecule has 0 bridgehead atoms. The van der Waals surface area contributed by atoms with E-state index in [9.17, 15) is 4.79 Å². The predicted molar refractivity (Wildman–Crippen MR) is 83.0 cm³/mol. The molecule has 107 valence electrons. The summed E-state index contributed by atoms with van der Waals surface area (Å²) in [5.74, 6) is -0.00269. The first kappa shape index (κ1) is 13.8. The Morgan fingerprint density at radius 2 is 1.71 bits per heavy atom. The summed E-state index contributed by atoms with van der Waals surface area (Å²) in [6.45, 7) is 3.41. The Morgan fingerprint density at radius 3 is 2.38 bits per heavy atom. The summed E-state index contributed by atoms with van der Waals surface area (Å²) in [7, 11) is 0. The van der Waals surface area contributed by atoms with Gasteiger partial charge in [0.1, 0.15) is 0 Å². The van der Waals surface area contributed by atoms with E-state index in [-0.39, 0.29) is 5.91 Å². The van der Waals surface area contributed by atoms with Crippen molar-refractivity contribution in [3.63, 3.8) is 0 Å². The molecule has 3 rings (SSSR count). The smallest absolute Gasteiger partial charge is 0.272 e. The highest BCUT2D eigenvalue weighted by molar-refractivity contribution is 6.05. The molecule has 2 aromatic carbocycles. The minimum atomic E-state index is -0.00269. The van der Waals surface area contributed by atoms with E-state index in [1.807, 2.05) is 30.3 Å². The lowest BCUT2D eigenvalue weighted by atomic mass is 10.2. The monoisotopic (exact) mass is 280 g/mol. The van der Waals surface area contributed by atoms with Crippen LogP contribution >= 0.6 is 0 Å². The molecule has 0 spiro atoms. The number of nitrogens with zero attached hydrogens (tertiary/aromatic N) is 2. The van der Waals surface area contributed by atoms with Crippen LogP contribution in [0.4, 0.5) is 5.69 Å². The third kappa shape index (κ3) is 3.12. The Balaban J connectivity index is 1.94. The number of piperazine rings is 1. The molecule has 1 amide bonds. The summed E-state index contributed by atoms with van der Waals surface area (Å²) in [4.78, 5) is 12.9. The second-order valence-electron chi connectivity index (χ2n) is 4.94. The molecule has 1 fully saturated rings. The van der Waals surface area contributed by atoms with Gasteiger partial charge < -0.3 is 5.32 Å². The zero-order valence-corrected chi connectivity index (χ0v) is 11.8. The lowest BCUT2D eigenvalue weighted by molar-refractivity contribution is 0.0880. The van der Waals surface area contributed by atoms with Crippen molar-refractivity contribution >= 4 is 11.6 Å². The molecule has 1 aliphatic heterocycles. The van der Waals surface area contributed by atoms with Gasteiger partial charge in [0.2, 0.25) is 0 Å². The average Bonchev–Trinajstić information content (AvgIpc) is 2.58. The Morgan fingerprint density at radius 1 is 1.05 bits per heavy atom. The van der Waals surface area contributed by atoms with E-state index >= 15 is 0 Å². The van der Waals surface area contributed by atoms with Gasteiger partial charge in [-0.1, -0.05) is 30.3 Å². The van der Waals surface area contributed by atoms with Crippen LogP contribution in [-0.4, -0.2) is 37.1 Å². The first-order chi connectivity index (χ1) is 10.4. The number of hydrazine groups is 1. The number of para-hydroxylation sites is 1. The fourth-order valence-electron chi connectivity index (χ4n) is 2.48. The third-order valence-electron chi connectivity index (χ3n) is 3.53. The molecular formula is C17H18N3O. The van der Waals surface area contributed by atoms with Crippen LogP contribution in [0.25, 0.3) is 0 Å². The number of carbonyl (C=O) groups excluding carboxylic acids is 1. The van der Waals surface area contributed by atoms with Gasteiger partial charge in [-0.25, -0.2) is 10.0 Å². The van der Waals surface area contributed by atoms with E-state index in [2.05, 4.69) is 16.4 Å². The molecule has 1 saturated heterocycles. The van der Waals surface area contributed by atoms with Gasteiger partial charge in [-0.15, -0.1) is 0 Å². The number of hydrogen-bond acceptors (Lipinski definition) is 3.